The van der Waals surface area contributed by atoms with Crippen LogP contribution in [0.25, 0.3) is 0 Å². The highest BCUT2D eigenvalue weighted by atomic mass is 16.5. The van der Waals surface area contributed by atoms with Crippen LogP contribution in [0.4, 0.5) is 0 Å². The minimum Gasteiger partial charge on any atom is -0.462 e. The Labute approximate surface area is 103 Å². The maximum atomic E-state index is 11.7. The predicted octanol–water partition coefficient (Wildman–Crippen LogP) is 3.32. The van der Waals surface area contributed by atoms with Gasteiger partial charge in [0.15, 0.2) is 0 Å². The lowest BCUT2D eigenvalue weighted by Gasteiger charge is -2.55. The summed E-state index contributed by atoms with van der Waals surface area (Å²) in [4.78, 5) is 11.7. The highest BCUT2D eigenvalue weighted by molar-refractivity contribution is 5.91. The Morgan fingerprint density at radius 3 is 2.82 bits per heavy atom. The minimum absolute atomic E-state index is 0.0574. The second-order valence-electron chi connectivity index (χ2n) is 6.95. The van der Waals surface area contributed by atoms with E-state index in [0.717, 1.165) is 12.0 Å². The Morgan fingerprint density at radius 2 is 2.06 bits per heavy atom. The monoisotopic (exact) mass is 234 g/mol. The predicted molar refractivity (Wildman–Crippen MR) is 66.4 cm³/mol. The normalized spacial score (nSPS) is 43.5. The molecule has 0 N–H and O–H groups in total. The Kier molecular flexibility index (Phi) is 2.24. The van der Waals surface area contributed by atoms with Crippen molar-refractivity contribution >= 4 is 5.97 Å². The molecule has 0 amide bonds. The summed E-state index contributed by atoms with van der Waals surface area (Å²) in [5, 5.41) is 0. The van der Waals surface area contributed by atoms with Crippen LogP contribution < -0.4 is 0 Å². The first-order valence-electron chi connectivity index (χ1n) is 6.82. The fraction of sp³-hybridized carbons (Fsp3) is 0.800. The molecular formula is C15H22O2. The van der Waals surface area contributed by atoms with Crippen LogP contribution in [0.5, 0.6) is 0 Å². The number of carbonyl (C=O) groups is 1. The summed E-state index contributed by atoms with van der Waals surface area (Å²) in [5.41, 5.74) is 1.65. The summed E-state index contributed by atoms with van der Waals surface area (Å²) in [5.74, 6) is 0.998. The van der Waals surface area contributed by atoms with Crippen LogP contribution in [-0.2, 0) is 9.53 Å². The van der Waals surface area contributed by atoms with E-state index in [9.17, 15) is 4.79 Å². The number of allylic oxidation sites excluding steroid dienone is 1. The standard InChI is InChI=1S/C15H22O2/c1-14(2)7-4-8-15(3)11-9-17-13(16)10(11)5-6-12(14)15/h5,11-12H,4,6-9H2,1-3H3. The van der Waals surface area contributed by atoms with Crippen LogP contribution in [0.15, 0.2) is 11.6 Å². The summed E-state index contributed by atoms with van der Waals surface area (Å²) in [7, 11) is 0. The minimum atomic E-state index is -0.0574. The smallest absolute Gasteiger partial charge is 0.334 e. The highest BCUT2D eigenvalue weighted by Gasteiger charge is 2.55. The molecule has 3 unspecified atom stereocenters. The zero-order chi connectivity index (χ0) is 12.3. The number of esters is 1. The first-order chi connectivity index (χ1) is 7.95. The Bertz CT molecular complexity index is 394. The molecule has 0 bridgehead atoms. The number of ether oxygens (including phenoxy) is 1. The molecule has 3 aliphatic rings. The van der Waals surface area contributed by atoms with Crippen LogP contribution in [0, 0.1) is 22.7 Å². The van der Waals surface area contributed by atoms with E-state index in [1.54, 1.807) is 0 Å². The van der Waals surface area contributed by atoms with Gasteiger partial charge in [0.1, 0.15) is 0 Å². The van der Waals surface area contributed by atoms with E-state index in [4.69, 9.17) is 4.74 Å². The lowest BCUT2D eigenvalue weighted by atomic mass is 9.49. The van der Waals surface area contributed by atoms with Crippen molar-refractivity contribution in [2.75, 3.05) is 6.61 Å². The largest absolute Gasteiger partial charge is 0.462 e. The summed E-state index contributed by atoms with van der Waals surface area (Å²) >= 11 is 0. The van der Waals surface area contributed by atoms with E-state index in [-0.39, 0.29) is 11.4 Å². The molecule has 3 rings (SSSR count). The van der Waals surface area contributed by atoms with Gasteiger partial charge >= 0.3 is 5.97 Å². The van der Waals surface area contributed by atoms with Gasteiger partial charge in [-0.3, -0.25) is 0 Å². The van der Waals surface area contributed by atoms with E-state index in [1.807, 2.05) is 0 Å². The third-order valence-electron chi connectivity index (χ3n) is 5.64. The molecule has 2 nitrogen and oxygen atoms in total. The lowest BCUT2D eigenvalue weighted by Crippen LogP contribution is -2.48. The first-order valence-corrected chi connectivity index (χ1v) is 6.82. The second kappa shape index (κ2) is 3.37. The molecule has 1 aliphatic heterocycles. The van der Waals surface area contributed by atoms with Gasteiger partial charge in [-0.05, 0) is 36.0 Å². The zero-order valence-electron chi connectivity index (χ0n) is 11.1. The van der Waals surface area contributed by atoms with Crippen LogP contribution in [-0.4, -0.2) is 12.6 Å². The van der Waals surface area contributed by atoms with Crippen molar-refractivity contribution in [3.05, 3.63) is 11.6 Å². The fourth-order valence-electron chi connectivity index (χ4n) is 4.66. The molecule has 0 aromatic rings. The summed E-state index contributed by atoms with van der Waals surface area (Å²) < 4.78 is 5.28. The quantitative estimate of drug-likeness (QED) is 0.601. The van der Waals surface area contributed by atoms with Gasteiger partial charge in [-0.1, -0.05) is 33.3 Å². The topological polar surface area (TPSA) is 26.3 Å². The Hall–Kier alpha value is -0.790. The number of cyclic esters (lactones) is 1. The molecule has 0 radical (unpaired) electrons. The maximum absolute atomic E-state index is 11.7. The molecule has 0 aromatic carbocycles. The summed E-state index contributed by atoms with van der Waals surface area (Å²) in [6.45, 7) is 7.79. The van der Waals surface area contributed by atoms with E-state index in [2.05, 4.69) is 26.8 Å². The van der Waals surface area contributed by atoms with Gasteiger partial charge in [0.2, 0.25) is 0 Å². The first kappa shape index (κ1) is 11.3. The molecule has 2 fully saturated rings. The SMILES string of the molecule is CC1(C)CCCC2(C)C3COC(=O)C3=CCC12. The van der Waals surface area contributed by atoms with E-state index >= 15 is 0 Å². The van der Waals surface area contributed by atoms with Crippen molar-refractivity contribution in [2.45, 2.75) is 46.5 Å². The second-order valence-corrected chi connectivity index (χ2v) is 6.95. The van der Waals surface area contributed by atoms with Gasteiger partial charge < -0.3 is 4.74 Å². The molecule has 2 heteroatoms. The Morgan fingerprint density at radius 1 is 1.29 bits per heavy atom. The Balaban J connectivity index is 2.03. The molecule has 0 spiro atoms. The van der Waals surface area contributed by atoms with Crippen molar-refractivity contribution in [3.8, 4) is 0 Å². The fourth-order valence-corrected chi connectivity index (χ4v) is 4.66. The van der Waals surface area contributed by atoms with E-state index < -0.39 is 0 Å². The van der Waals surface area contributed by atoms with Crippen LogP contribution >= 0.6 is 0 Å². The van der Waals surface area contributed by atoms with Gasteiger partial charge in [0, 0.05) is 11.5 Å². The number of fused-ring (bicyclic) bond motifs is 3. The molecule has 3 atom stereocenters. The molecule has 2 aliphatic carbocycles. The average molecular weight is 234 g/mol. The van der Waals surface area contributed by atoms with Gasteiger partial charge in [-0.15, -0.1) is 0 Å². The zero-order valence-corrected chi connectivity index (χ0v) is 11.1. The number of rotatable bonds is 0. The van der Waals surface area contributed by atoms with E-state index in [1.165, 1.54) is 19.3 Å². The van der Waals surface area contributed by atoms with E-state index in [0.29, 0.717) is 23.9 Å². The van der Waals surface area contributed by atoms with Gasteiger partial charge in [-0.25, -0.2) is 4.79 Å². The van der Waals surface area contributed by atoms with Crippen molar-refractivity contribution in [3.63, 3.8) is 0 Å². The van der Waals surface area contributed by atoms with Gasteiger partial charge in [0.05, 0.1) is 6.61 Å². The summed E-state index contributed by atoms with van der Waals surface area (Å²) in [6.07, 6.45) is 7.08. The molecule has 1 saturated carbocycles. The molecule has 17 heavy (non-hydrogen) atoms. The number of hydrogen-bond donors (Lipinski definition) is 0. The van der Waals surface area contributed by atoms with Crippen molar-refractivity contribution in [1.82, 2.24) is 0 Å². The van der Waals surface area contributed by atoms with Gasteiger partial charge in [-0.2, -0.15) is 0 Å². The van der Waals surface area contributed by atoms with Gasteiger partial charge in [0.25, 0.3) is 0 Å². The molecule has 0 aromatic heterocycles. The van der Waals surface area contributed by atoms with Crippen LogP contribution in [0.1, 0.15) is 46.5 Å². The van der Waals surface area contributed by atoms with Crippen molar-refractivity contribution < 1.29 is 9.53 Å². The van der Waals surface area contributed by atoms with Crippen LogP contribution in [0.2, 0.25) is 0 Å². The highest BCUT2D eigenvalue weighted by Crippen LogP contribution is 2.60. The average Bonchev–Trinajstić information content (AvgIpc) is 2.60. The maximum Gasteiger partial charge on any atom is 0.334 e. The molecular weight excluding hydrogens is 212 g/mol. The number of hydrogen-bond acceptors (Lipinski definition) is 2. The third-order valence-corrected chi connectivity index (χ3v) is 5.64. The van der Waals surface area contributed by atoms with Crippen molar-refractivity contribution in [2.24, 2.45) is 22.7 Å². The lowest BCUT2D eigenvalue weighted by molar-refractivity contribution is -0.135. The van der Waals surface area contributed by atoms with Crippen LogP contribution in [0.3, 0.4) is 0 Å². The molecule has 1 heterocycles. The summed E-state index contributed by atoms with van der Waals surface area (Å²) in [6, 6.07) is 0. The van der Waals surface area contributed by atoms with Crippen molar-refractivity contribution in [1.29, 1.82) is 0 Å². The molecule has 94 valence electrons. The third kappa shape index (κ3) is 1.42. The number of carbonyl (C=O) groups excluding carboxylic acids is 1. The molecule has 1 saturated heterocycles.